The molecule has 0 aromatic carbocycles. The molecule has 0 aromatic rings. The first-order chi connectivity index (χ1) is 28.6. The largest absolute Gasteiger partial charge is 0.344 e. The zero-order valence-electron chi connectivity index (χ0n) is 39.4. The lowest BCUT2D eigenvalue weighted by Crippen LogP contribution is -2.47. The smallest absolute Gasteiger partial charge is 0.169 e. The highest BCUT2D eigenvalue weighted by Crippen LogP contribution is 2.53. The molecule has 2 aliphatic carbocycles. The highest BCUT2D eigenvalue weighted by Gasteiger charge is 2.54. The molecular weight excluding hydrogens is 707 g/mol. The minimum atomic E-state index is -0.299. The van der Waals surface area contributed by atoms with Gasteiger partial charge in [0.15, 0.2) is 5.79 Å². The van der Waals surface area contributed by atoms with Crippen LogP contribution in [0.5, 0.6) is 0 Å². The number of fused-ring (bicyclic) bond motifs is 1. The third-order valence-corrected chi connectivity index (χ3v) is 14.2. The summed E-state index contributed by atoms with van der Waals surface area (Å²) in [5.74, 6) is 0.439. The number of ether oxygens (including phenoxy) is 2. The van der Waals surface area contributed by atoms with Gasteiger partial charge in [0.25, 0.3) is 0 Å². The van der Waals surface area contributed by atoms with Crippen LogP contribution in [-0.2, 0) is 9.47 Å². The van der Waals surface area contributed by atoms with Gasteiger partial charge in [-0.05, 0) is 133 Å². The Bertz CT molecular complexity index is 990. The van der Waals surface area contributed by atoms with Gasteiger partial charge in [-0.3, -0.25) is 0 Å². The third-order valence-electron chi connectivity index (χ3n) is 14.2. The normalized spacial score (nSPS) is 26.4. The average Bonchev–Trinajstić information content (AvgIpc) is 3.59. The summed E-state index contributed by atoms with van der Waals surface area (Å²) in [5, 5.41) is 3.93. The molecule has 1 aliphatic heterocycles. The molecule has 1 heterocycles. The number of allylic oxidation sites excluding steroid dienone is 8. The Hall–Kier alpha value is -1.16. The topological polar surface area (TPSA) is 30.5 Å². The molecule has 0 amide bonds. The second kappa shape index (κ2) is 33.5. The predicted octanol–water partition coefficient (Wildman–Crippen LogP) is 17.4. The lowest BCUT2D eigenvalue weighted by atomic mass is 9.66. The minimum Gasteiger partial charge on any atom is -0.344 e. The number of hydrogen-bond acceptors (Lipinski definition) is 3. The van der Waals surface area contributed by atoms with Crippen LogP contribution in [0.3, 0.4) is 0 Å². The second-order valence-electron chi connectivity index (χ2n) is 19.3. The van der Waals surface area contributed by atoms with Crippen molar-refractivity contribution in [2.24, 2.45) is 11.3 Å². The molecular formula is C55H99NO2. The zero-order valence-corrected chi connectivity index (χ0v) is 39.4. The van der Waals surface area contributed by atoms with Gasteiger partial charge in [0.1, 0.15) is 0 Å². The van der Waals surface area contributed by atoms with Crippen molar-refractivity contribution < 1.29 is 9.47 Å². The highest BCUT2D eigenvalue weighted by atomic mass is 16.8. The fraction of sp³-hybridized carbons (Fsp3) is 0.855. The van der Waals surface area contributed by atoms with Crippen LogP contribution in [0.1, 0.15) is 259 Å². The second-order valence-corrected chi connectivity index (χ2v) is 19.3. The van der Waals surface area contributed by atoms with Gasteiger partial charge in [0, 0.05) is 18.9 Å². The third kappa shape index (κ3) is 22.1. The number of rotatable bonds is 36. The maximum Gasteiger partial charge on any atom is 0.169 e. The van der Waals surface area contributed by atoms with Gasteiger partial charge in [-0.25, -0.2) is 0 Å². The van der Waals surface area contributed by atoms with E-state index in [9.17, 15) is 0 Å². The first-order valence-corrected chi connectivity index (χ1v) is 26.3. The molecule has 0 bridgehead atoms. The molecule has 0 radical (unpaired) electrons. The molecule has 3 nitrogen and oxygen atoms in total. The Morgan fingerprint density at radius 2 is 0.879 bits per heavy atom. The molecule has 1 N–H and O–H groups in total. The first-order valence-electron chi connectivity index (χ1n) is 26.3. The fourth-order valence-corrected chi connectivity index (χ4v) is 10.4. The molecule has 0 aromatic heterocycles. The van der Waals surface area contributed by atoms with Gasteiger partial charge in [-0.15, -0.1) is 0 Å². The fourth-order valence-electron chi connectivity index (χ4n) is 10.4. The first kappa shape index (κ1) is 51.2. The summed E-state index contributed by atoms with van der Waals surface area (Å²) < 4.78 is 14.1. The molecule has 3 heteroatoms. The average molecular weight is 806 g/mol. The summed E-state index contributed by atoms with van der Waals surface area (Å²) in [5.41, 5.74) is 0.505. The van der Waals surface area contributed by atoms with Gasteiger partial charge in [-0.1, -0.05) is 179 Å². The van der Waals surface area contributed by atoms with Crippen LogP contribution in [0.25, 0.3) is 0 Å². The van der Waals surface area contributed by atoms with E-state index >= 15 is 0 Å². The van der Waals surface area contributed by atoms with Crippen molar-refractivity contribution in [3.63, 3.8) is 0 Å². The molecule has 4 unspecified atom stereocenters. The van der Waals surface area contributed by atoms with Gasteiger partial charge < -0.3 is 14.8 Å². The Balaban J connectivity index is 1.38. The molecule has 336 valence electrons. The van der Waals surface area contributed by atoms with Crippen LogP contribution in [0, 0.1) is 11.3 Å². The SMILES string of the molecule is CCCCCC=CCC=CCCCCCCCCC1(CCCCCCCCC=CCC=CCCCCC)CCC2(CC1)OC1CC(CCCC)C(NCCC)CC1O2. The molecule has 1 saturated heterocycles. The summed E-state index contributed by atoms with van der Waals surface area (Å²) in [6, 6.07) is 0.599. The molecule has 3 aliphatic rings. The number of hydrogen-bond donors (Lipinski definition) is 1. The van der Waals surface area contributed by atoms with Crippen LogP contribution in [0.2, 0.25) is 0 Å². The monoisotopic (exact) mass is 806 g/mol. The van der Waals surface area contributed by atoms with Crippen LogP contribution in [-0.4, -0.2) is 30.6 Å². The molecule has 4 atom stereocenters. The molecule has 58 heavy (non-hydrogen) atoms. The Labute approximate surface area is 362 Å². The van der Waals surface area contributed by atoms with Gasteiger partial charge in [-0.2, -0.15) is 0 Å². The van der Waals surface area contributed by atoms with Crippen LogP contribution in [0.15, 0.2) is 48.6 Å². The zero-order chi connectivity index (χ0) is 41.3. The summed E-state index contributed by atoms with van der Waals surface area (Å²) >= 11 is 0. The van der Waals surface area contributed by atoms with Gasteiger partial charge in [0.2, 0.25) is 0 Å². The number of unbranched alkanes of at least 4 members (excludes halogenated alkanes) is 19. The Morgan fingerprint density at radius 1 is 0.448 bits per heavy atom. The van der Waals surface area contributed by atoms with Crippen LogP contribution in [0.4, 0.5) is 0 Å². The summed E-state index contributed by atoms with van der Waals surface area (Å²) in [4.78, 5) is 0. The van der Waals surface area contributed by atoms with E-state index < -0.39 is 0 Å². The van der Waals surface area contributed by atoms with E-state index in [0.29, 0.717) is 23.7 Å². The van der Waals surface area contributed by atoms with E-state index in [-0.39, 0.29) is 5.79 Å². The molecule has 3 fully saturated rings. The van der Waals surface area contributed by atoms with Crippen molar-refractivity contribution in [3.05, 3.63) is 48.6 Å². The summed E-state index contributed by atoms with van der Waals surface area (Å²) in [6.45, 7) is 10.3. The van der Waals surface area contributed by atoms with Gasteiger partial charge >= 0.3 is 0 Å². The van der Waals surface area contributed by atoms with E-state index in [1.54, 1.807) is 0 Å². The summed E-state index contributed by atoms with van der Waals surface area (Å²) in [7, 11) is 0. The quantitative estimate of drug-likeness (QED) is 0.0505. The maximum absolute atomic E-state index is 7.05. The predicted molar refractivity (Wildman–Crippen MR) is 256 cm³/mol. The van der Waals surface area contributed by atoms with Crippen molar-refractivity contribution in [2.45, 2.75) is 283 Å². The van der Waals surface area contributed by atoms with Crippen LogP contribution < -0.4 is 5.32 Å². The molecule has 2 saturated carbocycles. The standard InChI is InChI=1S/C55H99NO2/c1-5-9-12-14-16-18-20-22-24-26-28-30-32-34-36-38-41-54(42-39-37-35-33-31-29-27-25-23-21-19-17-15-13-10-6-2)43-45-55(46-44-54)57-52-48-50(40-11-7-3)51(56-47-8-4)49-53(52)58-55/h16-19,22-25,50-53,56H,5-15,20-21,26-49H2,1-4H3. The molecule has 1 spiro atoms. The van der Waals surface area contributed by atoms with Crippen molar-refractivity contribution >= 4 is 0 Å². The lowest BCUT2D eigenvalue weighted by Gasteiger charge is -2.44. The number of nitrogens with one attached hydrogen (secondary N) is 1. The minimum absolute atomic E-state index is 0.292. The van der Waals surface area contributed by atoms with E-state index in [1.807, 2.05) is 0 Å². The Kier molecular flexibility index (Phi) is 29.5. The van der Waals surface area contributed by atoms with Crippen molar-refractivity contribution in [1.29, 1.82) is 0 Å². The van der Waals surface area contributed by atoms with Crippen molar-refractivity contribution in [2.75, 3.05) is 6.54 Å². The van der Waals surface area contributed by atoms with E-state index in [1.165, 1.54) is 199 Å². The molecule has 3 rings (SSSR count). The Morgan fingerprint density at radius 3 is 1.34 bits per heavy atom. The van der Waals surface area contributed by atoms with E-state index in [2.05, 4.69) is 81.6 Å². The maximum atomic E-state index is 7.05. The highest BCUT2D eigenvalue weighted by molar-refractivity contribution is 5.00. The van der Waals surface area contributed by atoms with E-state index in [4.69, 9.17) is 9.47 Å². The summed E-state index contributed by atoms with van der Waals surface area (Å²) in [6.07, 6.45) is 66.9. The van der Waals surface area contributed by atoms with E-state index in [0.717, 1.165) is 44.6 Å². The van der Waals surface area contributed by atoms with Crippen molar-refractivity contribution in [3.8, 4) is 0 Å². The van der Waals surface area contributed by atoms with Crippen LogP contribution >= 0.6 is 0 Å². The lowest BCUT2D eigenvalue weighted by molar-refractivity contribution is -0.208. The van der Waals surface area contributed by atoms with Gasteiger partial charge in [0.05, 0.1) is 12.2 Å². The van der Waals surface area contributed by atoms with Crippen molar-refractivity contribution in [1.82, 2.24) is 5.32 Å².